The Hall–Kier alpha value is -1.45. The molecule has 0 spiro atoms. The Balaban J connectivity index is 1.82. The van der Waals surface area contributed by atoms with Gasteiger partial charge in [0.05, 0.1) is 11.9 Å². The van der Waals surface area contributed by atoms with Gasteiger partial charge in [-0.3, -0.25) is 0 Å². The Kier molecular flexibility index (Phi) is 5.32. The lowest BCUT2D eigenvalue weighted by Crippen LogP contribution is -2.38. The van der Waals surface area contributed by atoms with Crippen LogP contribution in [0.4, 0.5) is 11.5 Å². The first-order valence-corrected chi connectivity index (χ1v) is 8.42. The number of hydrogen-bond donors (Lipinski definition) is 2. The van der Waals surface area contributed by atoms with E-state index in [2.05, 4.69) is 25.1 Å². The molecule has 1 aromatic heterocycles. The second kappa shape index (κ2) is 7.01. The molecule has 2 rings (SSSR count). The van der Waals surface area contributed by atoms with Crippen LogP contribution < -0.4 is 14.9 Å². The summed E-state index contributed by atoms with van der Waals surface area (Å²) in [5, 5.41) is 11.1. The lowest BCUT2D eigenvalue weighted by Gasteiger charge is -2.17. The first-order chi connectivity index (χ1) is 9.99. The third kappa shape index (κ3) is 4.51. The summed E-state index contributed by atoms with van der Waals surface area (Å²) in [7, 11) is -0.401. The molecule has 9 heteroatoms. The van der Waals surface area contributed by atoms with E-state index in [1.54, 1.807) is 6.20 Å². The lowest BCUT2D eigenvalue weighted by atomic mass is 10.4. The van der Waals surface area contributed by atoms with E-state index in [0.717, 1.165) is 23.1 Å². The molecule has 0 aliphatic carbocycles. The molecule has 1 saturated heterocycles. The van der Waals surface area contributed by atoms with Gasteiger partial charge in [-0.25, -0.2) is 4.72 Å². The largest absolute Gasteiger partial charge is 0.370 e. The van der Waals surface area contributed by atoms with Gasteiger partial charge >= 0.3 is 0 Å². The molecule has 0 aromatic carbocycles. The monoisotopic (exact) mass is 314 g/mol. The predicted molar refractivity (Wildman–Crippen MR) is 82.6 cm³/mol. The van der Waals surface area contributed by atoms with E-state index in [9.17, 15) is 8.42 Å². The molecule has 2 N–H and O–H groups in total. The summed E-state index contributed by atoms with van der Waals surface area (Å²) in [4.78, 5) is 2.27. The Morgan fingerprint density at radius 1 is 1.29 bits per heavy atom. The van der Waals surface area contributed by atoms with Crippen LogP contribution in [-0.4, -0.2) is 63.2 Å². The van der Waals surface area contributed by atoms with Crippen molar-refractivity contribution in [1.82, 2.24) is 19.2 Å². The quantitative estimate of drug-likeness (QED) is 0.682. The molecule has 21 heavy (non-hydrogen) atoms. The van der Waals surface area contributed by atoms with Gasteiger partial charge in [0, 0.05) is 46.3 Å². The van der Waals surface area contributed by atoms with Crippen LogP contribution in [0, 0.1) is 0 Å². The van der Waals surface area contributed by atoms with Gasteiger partial charge in [0.2, 0.25) is 0 Å². The van der Waals surface area contributed by atoms with Crippen molar-refractivity contribution in [2.24, 2.45) is 0 Å². The molecule has 0 amide bonds. The molecular formula is C12H22N6O2S. The second-order valence-electron chi connectivity index (χ2n) is 5.10. The van der Waals surface area contributed by atoms with E-state index in [4.69, 9.17) is 0 Å². The average molecular weight is 314 g/mol. The molecule has 0 unspecified atom stereocenters. The van der Waals surface area contributed by atoms with Crippen LogP contribution in [0.15, 0.2) is 12.3 Å². The fourth-order valence-electron chi connectivity index (χ4n) is 2.09. The Bertz CT molecular complexity index is 557. The maximum Gasteiger partial charge on any atom is 0.278 e. The van der Waals surface area contributed by atoms with Crippen molar-refractivity contribution in [3.05, 3.63) is 12.3 Å². The summed E-state index contributed by atoms with van der Waals surface area (Å²) in [5.41, 5.74) is 1.05. The van der Waals surface area contributed by atoms with Gasteiger partial charge in [-0.05, 0) is 12.8 Å². The smallest absolute Gasteiger partial charge is 0.278 e. The standard InChI is InChI=1S/C12H22N6O2S/c1-17(2)21(19,20)15-6-5-13-12-9-11(10-14-16-12)18-7-3-4-8-18/h9-10,15H,3-8H2,1-2H3,(H,13,16). The van der Waals surface area contributed by atoms with Crippen molar-refractivity contribution in [1.29, 1.82) is 0 Å². The number of nitrogens with one attached hydrogen (secondary N) is 2. The Labute approximate surface area is 125 Å². The van der Waals surface area contributed by atoms with Crippen molar-refractivity contribution in [2.75, 3.05) is 50.5 Å². The third-order valence-electron chi connectivity index (χ3n) is 3.31. The molecule has 1 aliphatic rings. The molecular weight excluding hydrogens is 292 g/mol. The van der Waals surface area contributed by atoms with Crippen molar-refractivity contribution < 1.29 is 8.42 Å². The van der Waals surface area contributed by atoms with Gasteiger partial charge in [0.1, 0.15) is 0 Å². The molecule has 0 saturated carbocycles. The highest BCUT2D eigenvalue weighted by Gasteiger charge is 2.14. The zero-order chi connectivity index (χ0) is 15.3. The van der Waals surface area contributed by atoms with E-state index in [1.165, 1.54) is 26.9 Å². The number of rotatable bonds is 7. The van der Waals surface area contributed by atoms with E-state index in [-0.39, 0.29) is 6.54 Å². The zero-order valence-corrected chi connectivity index (χ0v) is 13.2. The minimum atomic E-state index is -3.37. The van der Waals surface area contributed by atoms with Crippen molar-refractivity contribution in [3.8, 4) is 0 Å². The summed E-state index contributed by atoms with van der Waals surface area (Å²) in [5.74, 6) is 0.656. The highest BCUT2D eigenvalue weighted by atomic mass is 32.2. The lowest BCUT2D eigenvalue weighted by molar-refractivity contribution is 0.507. The molecule has 0 atom stereocenters. The second-order valence-corrected chi connectivity index (χ2v) is 7.07. The molecule has 1 aromatic rings. The van der Waals surface area contributed by atoms with Crippen molar-refractivity contribution in [2.45, 2.75) is 12.8 Å². The highest BCUT2D eigenvalue weighted by Crippen LogP contribution is 2.20. The number of nitrogens with zero attached hydrogens (tertiary/aromatic N) is 4. The van der Waals surface area contributed by atoms with E-state index in [1.807, 2.05) is 6.07 Å². The normalized spacial score (nSPS) is 15.7. The summed E-state index contributed by atoms with van der Waals surface area (Å²) >= 11 is 0. The number of aromatic nitrogens is 2. The fraction of sp³-hybridized carbons (Fsp3) is 0.667. The minimum absolute atomic E-state index is 0.288. The van der Waals surface area contributed by atoms with E-state index < -0.39 is 10.2 Å². The fourth-order valence-corrected chi connectivity index (χ4v) is 2.71. The van der Waals surface area contributed by atoms with Crippen LogP contribution in [0.1, 0.15) is 12.8 Å². The molecule has 0 bridgehead atoms. The summed E-state index contributed by atoms with van der Waals surface area (Å²) in [6, 6.07) is 1.94. The van der Waals surface area contributed by atoms with Crippen molar-refractivity contribution in [3.63, 3.8) is 0 Å². The zero-order valence-electron chi connectivity index (χ0n) is 12.4. The number of anilines is 2. The third-order valence-corrected chi connectivity index (χ3v) is 4.84. The predicted octanol–water partition coefficient (Wildman–Crippen LogP) is -0.115. The molecule has 8 nitrogen and oxygen atoms in total. The van der Waals surface area contributed by atoms with E-state index in [0.29, 0.717) is 12.4 Å². The molecule has 1 fully saturated rings. The van der Waals surface area contributed by atoms with Crippen LogP contribution >= 0.6 is 0 Å². The van der Waals surface area contributed by atoms with E-state index >= 15 is 0 Å². The molecule has 118 valence electrons. The summed E-state index contributed by atoms with van der Waals surface area (Å²) < 4.78 is 26.7. The van der Waals surface area contributed by atoms with Crippen LogP contribution in [-0.2, 0) is 10.2 Å². The maximum absolute atomic E-state index is 11.5. The van der Waals surface area contributed by atoms with Gasteiger partial charge < -0.3 is 10.2 Å². The van der Waals surface area contributed by atoms with Crippen LogP contribution in [0.2, 0.25) is 0 Å². The first kappa shape index (κ1) is 15.9. The minimum Gasteiger partial charge on any atom is -0.370 e. The maximum atomic E-state index is 11.5. The molecule has 0 radical (unpaired) electrons. The van der Waals surface area contributed by atoms with Crippen LogP contribution in [0.3, 0.4) is 0 Å². The number of hydrogen-bond acceptors (Lipinski definition) is 6. The molecule has 1 aliphatic heterocycles. The molecule has 2 heterocycles. The first-order valence-electron chi connectivity index (χ1n) is 6.98. The van der Waals surface area contributed by atoms with Crippen LogP contribution in [0.25, 0.3) is 0 Å². The van der Waals surface area contributed by atoms with Crippen molar-refractivity contribution >= 4 is 21.7 Å². The summed E-state index contributed by atoms with van der Waals surface area (Å²) in [6.07, 6.45) is 4.17. The van der Waals surface area contributed by atoms with Gasteiger partial charge in [-0.1, -0.05) is 0 Å². The van der Waals surface area contributed by atoms with Gasteiger partial charge in [-0.15, -0.1) is 5.10 Å². The van der Waals surface area contributed by atoms with Gasteiger partial charge in [0.25, 0.3) is 10.2 Å². The SMILES string of the molecule is CN(C)S(=O)(=O)NCCNc1cc(N2CCCC2)cnn1. The summed E-state index contributed by atoms with van der Waals surface area (Å²) in [6.45, 7) is 2.84. The Morgan fingerprint density at radius 2 is 2.00 bits per heavy atom. The van der Waals surface area contributed by atoms with Gasteiger partial charge in [0.15, 0.2) is 5.82 Å². The highest BCUT2D eigenvalue weighted by molar-refractivity contribution is 7.87. The average Bonchev–Trinajstić information content (AvgIpc) is 2.98. The topological polar surface area (TPSA) is 90.5 Å². The Morgan fingerprint density at radius 3 is 2.67 bits per heavy atom. The van der Waals surface area contributed by atoms with Crippen LogP contribution in [0.5, 0.6) is 0 Å². The van der Waals surface area contributed by atoms with Gasteiger partial charge in [-0.2, -0.15) is 17.8 Å².